The van der Waals surface area contributed by atoms with Crippen LogP contribution in [0.4, 0.5) is 4.79 Å². The van der Waals surface area contributed by atoms with Gasteiger partial charge in [0.05, 0.1) is 6.42 Å². The molecule has 0 heterocycles. The highest BCUT2D eigenvalue weighted by Crippen LogP contribution is 2.44. The molecule has 0 spiro atoms. The number of carboxylic acid groups (broad SMARTS) is 1. The molecular weight excluding hydrogens is 444 g/mol. The zero-order valence-electron chi connectivity index (χ0n) is 19.7. The lowest BCUT2D eigenvalue weighted by atomic mass is 9.82. The molecule has 184 valence electrons. The number of amides is 2. The third-order valence-electron chi connectivity index (χ3n) is 7.67. The molecule has 0 aromatic heterocycles. The maximum Gasteiger partial charge on any atom is 0.407 e. The number of aliphatic carboxylic acids is 1. The molecule has 35 heavy (non-hydrogen) atoms. The van der Waals surface area contributed by atoms with Gasteiger partial charge < -0.3 is 20.5 Å². The number of fused-ring (bicyclic) bond motifs is 3. The topological polar surface area (TPSA) is 105 Å². The number of hydrogen-bond acceptors (Lipinski definition) is 4. The van der Waals surface area contributed by atoms with Crippen LogP contribution in [0.3, 0.4) is 0 Å². The number of alkyl carbamates (subject to hydrolysis) is 1. The quantitative estimate of drug-likeness (QED) is 0.522. The predicted molar refractivity (Wildman–Crippen MR) is 131 cm³/mol. The van der Waals surface area contributed by atoms with Crippen LogP contribution in [-0.2, 0) is 14.3 Å². The Labute approximate surface area is 205 Å². The van der Waals surface area contributed by atoms with Gasteiger partial charge >= 0.3 is 12.1 Å². The number of carbonyl (C=O) groups is 3. The minimum atomic E-state index is -0.841. The van der Waals surface area contributed by atoms with Crippen molar-refractivity contribution in [3.8, 4) is 11.1 Å². The van der Waals surface area contributed by atoms with Crippen molar-refractivity contribution in [3.05, 3.63) is 59.7 Å². The van der Waals surface area contributed by atoms with Crippen LogP contribution >= 0.6 is 0 Å². The summed E-state index contributed by atoms with van der Waals surface area (Å²) in [6.07, 6.45) is 4.74. The first-order valence-electron chi connectivity index (χ1n) is 12.6. The van der Waals surface area contributed by atoms with Crippen molar-refractivity contribution in [3.63, 3.8) is 0 Å². The molecule has 3 N–H and O–H groups in total. The molecule has 2 amide bonds. The summed E-state index contributed by atoms with van der Waals surface area (Å²) in [4.78, 5) is 37.1. The standard InChI is InChI=1S/C28H32N2O5/c31-25(32)15-18-7-1-6-12-24(18)29-27(33)26(17-13-14-17)30-28(34)35-16-23-21-10-4-2-8-19(21)20-9-3-5-11-22(20)23/h2-5,8-11,17-18,23-24,26H,1,6-7,12-16H2,(H,29,33)(H,30,34)(H,31,32). The number of rotatable bonds is 8. The van der Waals surface area contributed by atoms with Gasteiger partial charge in [0, 0.05) is 12.0 Å². The smallest absolute Gasteiger partial charge is 0.407 e. The largest absolute Gasteiger partial charge is 0.481 e. The van der Waals surface area contributed by atoms with Gasteiger partial charge in [-0.3, -0.25) is 9.59 Å². The Morgan fingerprint density at radius 2 is 1.54 bits per heavy atom. The maximum absolute atomic E-state index is 13.1. The van der Waals surface area contributed by atoms with Gasteiger partial charge in [0.2, 0.25) is 5.91 Å². The van der Waals surface area contributed by atoms with Crippen LogP contribution in [0.15, 0.2) is 48.5 Å². The molecule has 0 radical (unpaired) electrons. The van der Waals surface area contributed by atoms with Crippen LogP contribution in [0.5, 0.6) is 0 Å². The van der Waals surface area contributed by atoms with Crippen molar-refractivity contribution in [2.75, 3.05) is 6.61 Å². The van der Waals surface area contributed by atoms with E-state index in [1.54, 1.807) is 0 Å². The second-order valence-corrected chi connectivity index (χ2v) is 10.0. The van der Waals surface area contributed by atoms with Crippen molar-refractivity contribution in [1.82, 2.24) is 10.6 Å². The summed E-state index contributed by atoms with van der Waals surface area (Å²) in [5.74, 6) is -1.09. The maximum atomic E-state index is 13.1. The summed E-state index contributed by atoms with van der Waals surface area (Å²) in [7, 11) is 0. The van der Waals surface area contributed by atoms with Gasteiger partial charge in [-0.1, -0.05) is 61.4 Å². The van der Waals surface area contributed by atoms with Gasteiger partial charge in [0.1, 0.15) is 12.6 Å². The van der Waals surface area contributed by atoms with E-state index in [1.807, 2.05) is 24.3 Å². The van der Waals surface area contributed by atoms with Gasteiger partial charge in [-0.15, -0.1) is 0 Å². The molecule has 3 unspecified atom stereocenters. The summed E-state index contributed by atoms with van der Waals surface area (Å²) < 4.78 is 5.65. The Bertz CT molecular complexity index is 1070. The second-order valence-electron chi connectivity index (χ2n) is 10.0. The Morgan fingerprint density at radius 1 is 0.914 bits per heavy atom. The Kier molecular flexibility index (Phi) is 6.75. The molecule has 3 aliphatic carbocycles. The monoisotopic (exact) mass is 476 g/mol. The minimum Gasteiger partial charge on any atom is -0.481 e. The number of carboxylic acids is 1. The molecule has 3 atom stereocenters. The number of carbonyl (C=O) groups excluding carboxylic acids is 2. The molecule has 2 saturated carbocycles. The molecule has 2 fully saturated rings. The van der Waals surface area contributed by atoms with E-state index >= 15 is 0 Å². The van der Waals surface area contributed by atoms with Crippen LogP contribution in [0.2, 0.25) is 0 Å². The number of hydrogen-bond donors (Lipinski definition) is 3. The lowest BCUT2D eigenvalue weighted by molar-refractivity contribution is -0.139. The third kappa shape index (κ3) is 5.19. The van der Waals surface area contributed by atoms with E-state index in [1.165, 1.54) is 0 Å². The van der Waals surface area contributed by atoms with Crippen molar-refractivity contribution >= 4 is 18.0 Å². The van der Waals surface area contributed by atoms with E-state index in [4.69, 9.17) is 4.74 Å². The normalized spacial score (nSPS) is 21.9. The van der Waals surface area contributed by atoms with Crippen LogP contribution < -0.4 is 10.6 Å². The SMILES string of the molecule is O=C(O)CC1CCCCC1NC(=O)C(NC(=O)OCC1c2ccccc2-c2ccccc21)C1CC1. The van der Waals surface area contributed by atoms with Gasteiger partial charge in [-0.05, 0) is 59.8 Å². The van der Waals surface area contributed by atoms with Crippen molar-refractivity contribution < 1.29 is 24.2 Å². The molecule has 0 aliphatic heterocycles. The first-order valence-corrected chi connectivity index (χ1v) is 12.6. The fourth-order valence-corrected chi connectivity index (χ4v) is 5.73. The van der Waals surface area contributed by atoms with Gasteiger partial charge in [-0.25, -0.2) is 4.79 Å². The predicted octanol–water partition coefficient (Wildman–Crippen LogP) is 4.45. The van der Waals surface area contributed by atoms with E-state index in [0.29, 0.717) is 0 Å². The van der Waals surface area contributed by atoms with E-state index < -0.39 is 18.1 Å². The van der Waals surface area contributed by atoms with E-state index in [0.717, 1.165) is 60.8 Å². The fourth-order valence-electron chi connectivity index (χ4n) is 5.73. The van der Waals surface area contributed by atoms with Gasteiger partial charge in [0.25, 0.3) is 0 Å². The van der Waals surface area contributed by atoms with Crippen LogP contribution in [-0.4, -0.2) is 41.8 Å². The number of benzene rings is 2. The number of ether oxygens (including phenoxy) is 1. The van der Waals surface area contributed by atoms with E-state index in [2.05, 4.69) is 34.9 Å². The summed E-state index contributed by atoms with van der Waals surface area (Å²) in [5, 5.41) is 15.1. The average Bonchev–Trinajstić information content (AvgIpc) is 3.64. The molecule has 3 aliphatic rings. The van der Waals surface area contributed by atoms with E-state index in [-0.39, 0.29) is 42.7 Å². The van der Waals surface area contributed by atoms with Crippen molar-refractivity contribution in [2.45, 2.75) is 62.9 Å². The zero-order chi connectivity index (χ0) is 24.4. The molecule has 7 heteroatoms. The highest BCUT2D eigenvalue weighted by atomic mass is 16.5. The molecule has 7 nitrogen and oxygen atoms in total. The fraction of sp³-hybridized carbons (Fsp3) is 0.464. The zero-order valence-corrected chi connectivity index (χ0v) is 19.7. The van der Waals surface area contributed by atoms with Crippen molar-refractivity contribution in [1.29, 1.82) is 0 Å². The Balaban J connectivity index is 1.21. The molecule has 0 bridgehead atoms. The Morgan fingerprint density at radius 3 is 2.17 bits per heavy atom. The summed E-state index contributed by atoms with van der Waals surface area (Å²) in [6.45, 7) is 0.197. The first kappa shape index (κ1) is 23.4. The van der Waals surface area contributed by atoms with Crippen LogP contribution in [0.25, 0.3) is 11.1 Å². The van der Waals surface area contributed by atoms with Gasteiger partial charge in [0.15, 0.2) is 0 Å². The number of nitrogens with one attached hydrogen (secondary N) is 2. The summed E-state index contributed by atoms with van der Waals surface area (Å²) >= 11 is 0. The third-order valence-corrected chi connectivity index (χ3v) is 7.67. The molecule has 5 rings (SSSR count). The van der Waals surface area contributed by atoms with E-state index in [9.17, 15) is 19.5 Å². The molecule has 2 aromatic carbocycles. The second kappa shape index (κ2) is 10.1. The van der Waals surface area contributed by atoms with Crippen LogP contribution in [0, 0.1) is 11.8 Å². The van der Waals surface area contributed by atoms with Crippen LogP contribution in [0.1, 0.15) is 62.0 Å². The Hall–Kier alpha value is -3.35. The lowest BCUT2D eigenvalue weighted by Gasteiger charge is -2.32. The first-order chi connectivity index (χ1) is 17.0. The summed E-state index contributed by atoms with van der Waals surface area (Å²) in [5.41, 5.74) is 4.60. The highest BCUT2D eigenvalue weighted by Gasteiger charge is 2.40. The van der Waals surface area contributed by atoms with Gasteiger partial charge in [-0.2, -0.15) is 0 Å². The van der Waals surface area contributed by atoms with Crippen molar-refractivity contribution in [2.24, 2.45) is 11.8 Å². The average molecular weight is 477 g/mol. The summed E-state index contributed by atoms with van der Waals surface area (Å²) in [6, 6.07) is 15.5. The molecular formula is C28H32N2O5. The lowest BCUT2D eigenvalue weighted by Crippen LogP contribution is -2.53. The molecule has 0 saturated heterocycles. The minimum absolute atomic E-state index is 0.0413. The highest BCUT2D eigenvalue weighted by molar-refractivity contribution is 5.86. The molecule has 2 aromatic rings.